The van der Waals surface area contributed by atoms with Gasteiger partial charge in [0, 0.05) is 0 Å². The summed E-state index contributed by atoms with van der Waals surface area (Å²) in [5.41, 5.74) is 2.29. The third kappa shape index (κ3) is 1.17. The minimum absolute atomic E-state index is 0.528. The van der Waals surface area contributed by atoms with E-state index in [1.165, 1.54) is 32.1 Å². The van der Waals surface area contributed by atoms with Gasteiger partial charge in [0.25, 0.3) is 0 Å². The maximum atomic E-state index is 4.14. The van der Waals surface area contributed by atoms with Crippen LogP contribution in [0, 0.1) is 27.6 Å². The molecular weight excluding hydrogens is 192 g/mol. The third-order valence-corrected chi connectivity index (χ3v) is 5.92. The molecule has 4 unspecified atom stereocenters. The van der Waals surface area contributed by atoms with Gasteiger partial charge >= 0.3 is 0 Å². The van der Waals surface area contributed by atoms with Crippen molar-refractivity contribution < 1.29 is 0 Å². The Labute approximate surface area is 101 Å². The lowest BCUT2D eigenvalue weighted by Gasteiger charge is -2.61. The SMILES string of the molecule is C=CC12CC3(C)CC1C(C)(CC(C)(C)C3)C2. The van der Waals surface area contributed by atoms with Gasteiger partial charge in [0.15, 0.2) is 0 Å². The fourth-order valence-electron chi connectivity index (χ4n) is 6.47. The maximum Gasteiger partial charge on any atom is -0.00768 e. The lowest BCUT2D eigenvalue weighted by molar-refractivity contribution is -0.0919. The van der Waals surface area contributed by atoms with Crippen LogP contribution in [-0.4, -0.2) is 0 Å². The monoisotopic (exact) mass is 218 g/mol. The normalized spacial score (nSPS) is 57.6. The summed E-state index contributed by atoms with van der Waals surface area (Å²) >= 11 is 0. The summed E-state index contributed by atoms with van der Waals surface area (Å²) in [5, 5.41) is 0. The Balaban J connectivity index is 2.04. The zero-order chi connectivity index (χ0) is 11.8. The van der Waals surface area contributed by atoms with Crippen LogP contribution >= 0.6 is 0 Å². The Morgan fingerprint density at radius 2 is 1.69 bits per heavy atom. The van der Waals surface area contributed by atoms with Gasteiger partial charge in [-0.25, -0.2) is 0 Å². The average Bonchev–Trinajstić information content (AvgIpc) is 2.30. The Hall–Kier alpha value is -0.260. The van der Waals surface area contributed by atoms with Crippen LogP contribution in [0.15, 0.2) is 12.7 Å². The molecule has 0 amide bonds. The summed E-state index contributed by atoms with van der Waals surface area (Å²) in [6.45, 7) is 14.2. The number of hydrogen-bond acceptors (Lipinski definition) is 0. The minimum atomic E-state index is 0.528. The van der Waals surface area contributed by atoms with E-state index >= 15 is 0 Å². The molecule has 16 heavy (non-hydrogen) atoms. The summed E-state index contributed by atoms with van der Waals surface area (Å²) in [6.07, 6.45) is 9.43. The van der Waals surface area contributed by atoms with Gasteiger partial charge in [0.05, 0.1) is 0 Å². The summed E-state index contributed by atoms with van der Waals surface area (Å²) in [4.78, 5) is 0. The standard InChI is InChI=1S/C16H26/c1-6-16-10-14(4)7-12(16)15(5,11-16)9-13(2,3)8-14/h6,12H,1,7-11H2,2-5H3. The Bertz CT molecular complexity index is 345. The molecule has 3 rings (SSSR count). The van der Waals surface area contributed by atoms with Crippen molar-refractivity contribution in [3.05, 3.63) is 12.7 Å². The second-order valence-electron chi connectivity index (χ2n) is 8.53. The predicted molar refractivity (Wildman–Crippen MR) is 69.2 cm³/mol. The first-order chi connectivity index (χ1) is 7.23. The van der Waals surface area contributed by atoms with Crippen LogP contribution in [0.25, 0.3) is 0 Å². The quantitative estimate of drug-likeness (QED) is 0.554. The Kier molecular flexibility index (Phi) is 1.76. The minimum Gasteiger partial charge on any atom is -0.103 e. The molecule has 3 aliphatic rings. The maximum absolute atomic E-state index is 4.14. The third-order valence-electron chi connectivity index (χ3n) is 5.92. The molecule has 90 valence electrons. The molecule has 0 aromatic rings. The van der Waals surface area contributed by atoms with E-state index in [1.54, 1.807) is 0 Å². The van der Waals surface area contributed by atoms with Crippen molar-refractivity contribution in [3.63, 3.8) is 0 Å². The van der Waals surface area contributed by atoms with Gasteiger partial charge in [-0.05, 0) is 59.7 Å². The van der Waals surface area contributed by atoms with Crippen molar-refractivity contribution in [2.75, 3.05) is 0 Å². The molecule has 0 heterocycles. The van der Waals surface area contributed by atoms with E-state index in [1.807, 2.05) is 0 Å². The van der Waals surface area contributed by atoms with Crippen LogP contribution in [0.4, 0.5) is 0 Å². The molecule has 0 heteroatoms. The van der Waals surface area contributed by atoms with Gasteiger partial charge in [0.1, 0.15) is 0 Å². The molecule has 0 spiro atoms. The molecule has 3 saturated carbocycles. The first-order valence-electron chi connectivity index (χ1n) is 6.86. The molecule has 4 atom stereocenters. The lowest BCUT2D eigenvalue weighted by atomic mass is 9.44. The molecule has 3 aliphatic carbocycles. The van der Waals surface area contributed by atoms with Gasteiger partial charge in [-0.3, -0.25) is 0 Å². The first kappa shape index (κ1) is 10.9. The summed E-state index contributed by atoms with van der Waals surface area (Å²) in [5.74, 6) is 0.935. The van der Waals surface area contributed by atoms with E-state index in [-0.39, 0.29) is 0 Å². The van der Waals surface area contributed by atoms with Gasteiger partial charge in [0.2, 0.25) is 0 Å². The van der Waals surface area contributed by atoms with Crippen molar-refractivity contribution in [3.8, 4) is 0 Å². The van der Waals surface area contributed by atoms with E-state index in [2.05, 4.69) is 40.3 Å². The highest BCUT2D eigenvalue weighted by atomic mass is 14.7. The van der Waals surface area contributed by atoms with Crippen molar-refractivity contribution in [1.82, 2.24) is 0 Å². The zero-order valence-electron chi connectivity index (χ0n) is 11.4. The Morgan fingerprint density at radius 3 is 2.31 bits per heavy atom. The second-order valence-corrected chi connectivity index (χ2v) is 8.53. The summed E-state index contributed by atoms with van der Waals surface area (Å²) in [7, 11) is 0. The first-order valence-corrected chi connectivity index (χ1v) is 6.86. The molecule has 3 fully saturated rings. The number of rotatable bonds is 1. The van der Waals surface area contributed by atoms with Crippen LogP contribution in [-0.2, 0) is 0 Å². The van der Waals surface area contributed by atoms with Gasteiger partial charge in [-0.2, -0.15) is 0 Å². The summed E-state index contributed by atoms with van der Waals surface area (Å²) in [6, 6.07) is 0. The topological polar surface area (TPSA) is 0 Å². The molecule has 0 radical (unpaired) electrons. The molecular formula is C16H26. The summed E-state index contributed by atoms with van der Waals surface area (Å²) < 4.78 is 0. The molecule has 0 aromatic carbocycles. The predicted octanol–water partition coefficient (Wildman–Crippen LogP) is 4.81. The van der Waals surface area contributed by atoms with Gasteiger partial charge in [-0.15, -0.1) is 6.58 Å². The van der Waals surface area contributed by atoms with Gasteiger partial charge < -0.3 is 0 Å². The molecule has 0 aromatic heterocycles. The Morgan fingerprint density at radius 1 is 1.00 bits per heavy atom. The van der Waals surface area contributed by atoms with E-state index in [0.717, 1.165) is 5.92 Å². The number of allylic oxidation sites excluding steroid dienone is 1. The zero-order valence-corrected chi connectivity index (χ0v) is 11.4. The number of hydrogen-bond donors (Lipinski definition) is 0. The number of fused-ring (bicyclic) bond motifs is 1. The molecule has 0 aliphatic heterocycles. The van der Waals surface area contributed by atoms with E-state index in [4.69, 9.17) is 0 Å². The molecule has 0 nitrogen and oxygen atoms in total. The van der Waals surface area contributed by atoms with Crippen molar-refractivity contribution >= 4 is 0 Å². The molecule has 0 saturated heterocycles. The van der Waals surface area contributed by atoms with Crippen molar-refractivity contribution in [1.29, 1.82) is 0 Å². The fraction of sp³-hybridized carbons (Fsp3) is 0.875. The highest BCUT2D eigenvalue weighted by Gasteiger charge is 2.68. The second kappa shape index (κ2) is 2.60. The van der Waals surface area contributed by atoms with Crippen LogP contribution in [0.5, 0.6) is 0 Å². The highest BCUT2D eigenvalue weighted by molar-refractivity contribution is 5.23. The van der Waals surface area contributed by atoms with Crippen LogP contribution < -0.4 is 0 Å². The van der Waals surface area contributed by atoms with Crippen molar-refractivity contribution in [2.24, 2.45) is 27.6 Å². The van der Waals surface area contributed by atoms with Gasteiger partial charge in [-0.1, -0.05) is 33.8 Å². The average molecular weight is 218 g/mol. The van der Waals surface area contributed by atoms with Crippen LogP contribution in [0.2, 0.25) is 0 Å². The fourth-order valence-corrected chi connectivity index (χ4v) is 6.47. The van der Waals surface area contributed by atoms with Crippen LogP contribution in [0.1, 0.15) is 59.8 Å². The largest absolute Gasteiger partial charge is 0.103 e. The lowest BCUT2D eigenvalue weighted by Crippen LogP contribution is -2.52. The van der Waals surface area contributed by atoms with E-state index in [0.29, 0.717) is 21.7 Å². The van der Waals surface area contributed by atoms with Crippen molar-refractivity contribution in [2.45, 2.75) is 59.8 Å². The van der Waals surface area contributed by atoms with E-state index < -0.39 is 0 Å². The smallest absolute Gasteiger partial charge is 0.00768 e. The van der Waals surface area contributed by atoms with E-state index in [9.17, 15) is 0 Å². The molecule has 0 N–H and O–H groups in total. The highest BCUT2D eigenvalue weighted by Crippen LogP contribution is 2.77. The van der Waals surface area contributed by atoms with Crippen LogP contribution in [0.3, 0.4) is 0 Å². The molecule has 2 bridgehead atoms.